The van der Waals surface area contributed by atoms with Crippen LogP contribution in [-0.4, -0.2) is 18.5 Å². The molecule has 0 bridgehead atoms. The molecule has 6 nitrogen and oxygen atoms in total. The van der Waals surface area contributed by atoms with Crippen molar-refractivity contribution in [3.63, 3.8) is 0 Å². The van der Waals surface area contributed by atoms with Gasteiger partial charge in [-0.25, -0.2) is 4.79 Å². The van der Waals surface area contributed by atoms with Gasteiger partial charge in [-0.2, -0.15) is 0 Å². The van der Waals surface area contributed by atoms with Gasteiger partial charge in [0, 0.05) is 34.9 Å². The van der Waals surface area contributed by atoms with Gasteiger partial charge in [0.1, 0.15) is 11.7 Å². The van der Waals surface area contributed by atoms with E-state index in [0.717, 1.165) is 16.7 Å². The van der Waals surface area contributed by atoms with Crippen LogP contribution in [0.4, 0.5) is 0 Å². The maximum Gasteiger partial charge on any atom is 0.311 e. The Kier molecular flexibility index (Phi) is 6.58. The van der Waals surface area contributed by atoms with Crippen molar-refractivity contribution in [1.82, 2.24) is 0 Å². The zero-order valence-electron chi connectivity index (χ0n) is 13.9. The number of ether oxygens (including phenoxy) is 1. The predicted molar refractivity (Wildman–Crippen MR) is 88.1 cm³/mol. The minimum atomic E-state index is -0.597. The van der Waals surface area contributed by atoms with E-state index in [1.165, 1.54) is 6.08 Å². The van der Waals surface area contributed by atoms with Crippen molar-refractivity contribution in [2.24, 2.45) is 5.11 Å². The molecule has 0 N–H and O–H groups in total. The summed E-state index contributed by atoms with van der Waals surface area (Å²) in [7, 11) is 0. The van der Waals surface area contributed by atoms with E-state index in [1.54, 1.807) is 6.07 Å². The van der Waals surface area contributed by atoms with E-state index in [1.807, 2.05) is 39.7 Å². The molecule has 0 fully saturated rings. The largest absolute Gasteiger partial charge is 0.426 e. The van der Waals surface area contributed by atoms with Gasteiger partial charge in [-0.1, -0.05) is 25.0 Å². The molecular formula is C17H21N3O3. The van der Waals surface area contributed by atoms with Crippen molar-refractivity contribution in [2.45, 2.75) is 46.0 Å². The fraction of sp³-hybridized carbons (Fsp3) is 0.471. The second-order valence-corrected chi connectivity index (χ2v) is 5.97. The van der Waals surface area contributed by atoms with Gasteiger partial charge in [-0.15, -0.1) is 0 Å². The SMILES string of the molecule is Cc1cc(C)c(C(C)(C)C=C=O)c(OC(=O)CCCN=[N+]=[N-])c1. The second kappa shape index (κ2) is 8.18. The minimum absolute atomic E-state index is 0.162. The van der Waals surface area contributed by atoms with Crippen molar-refractivity contribution < 1.29 is 14.3 Å². The van der Waals surface area contributed by atoms with Crippen LogP contribution in [0.25, 0.3) is 10.4 Å². The van der Waals surface area contributed by atoms with E-state index in [9.17, 15) is 9.59 Å². The summed E-state index contributed by atoms with van der Waals surface area (Å²) in [6.07, 6.45) is 2.01. The van der Waals surface area contributed by atoms with E-state index < -0.39 is 11.4 Å². The molecule has 0 atom stereocenters. The summed E-state index contributed by atoms with van der Waals surface area (Å²) < 4.78 is 5.50. The number of hydrogen-bond donors (Lipinski definition) is 0. The molecule has 1 aromatic carbocycles. The first-order valence-electron chi connectivity index (χ1n) is 7.37. The summed E-state index contributed by atoms with van der Waals surface area (Å²) in [5.74, 6) is 1.87. The Hall–Kier alpha value is -2.55. The van der Waals surface area contributed by atoms with Gasteiger partial charge in [0.2, 0.25) is 0 Å². The summed E-state index contributed by atoms with van der Waals surface area (Å²) in [5, 5.41) is 3.38. The monoisotopic (exact) mass is 315 g/mol. The van der Waals surface area contributed by atoms with Crippen LogP contribution in [0.1, 0.15) is 43.4 Å². The smallest absolute Gasteiger partial charge is 0.311 e. The fourth-order valence-electron chi connectivity index (χ4n) is 2.57. The molecule has 0 aliphatic rings. The van der Waals surface area contributed by atoms with Crippen LogP contribution in [0.5, 0.6) is 5.75 Å². The van der Waals surface area contributed by atoms with Gasteiger partial charge >= 0.3 is 5.97 Å². The number of azide groups is 1. The zero-order chi connectivity index (χ0) is 17.5. The normalized spacial score (nSPS) is 10.4. The molecule has 23 heavy (non-hydrogen) atoms. The van der Waals surface area contributed by atoms with E-state index in [4.69, 9.17) is 10.3 Å². The Morgan fingerprint density at radius 3 is 2.74 bits per heavy atom. The van der Waals surface area contributed by atoms with Crippen LogP contribution >= 0.6 is 0 Å². The van der Waals surface area contributed by atoms with Gasteiger partial charge in [-0.3, -0.25) is 4.79 Å². The molecule has 0 saturated carbocycles. The van der Waals surface area contributed by atoms with E-state index in [0.29, 0.717) is 12.2 Å². The number of hydrogen-bond acceptors (Lipinski definition) is 4. The zero-order valence-corrected chi connectivity index (χ0v) is 13.9. The Balaban J connectivity index is 3.08. The molecule has 0 aromatic heterocycles. The summed E-state index contributed by atoms with van der Waals surface area (Å²) >= 11 is 0. The molecule has 0 amide bonds. The lowest BCUT2D eigenvalue weighted by atomic mass is 9.81. The number of nitrogens with zero attached hydrogens (tertiary/aromatic N) is 3. The Labute approximate surface area is 135 Å². The Morgan fingerprint density at radius 2 is 2.13 bits per heavy atom. The van der Waals surface area contributed by atoms with Gasteiger partial charge < -0.3 is 4.74 Å². The van der Waals surface area contributed by atoms with Gasteiger partial charge in [0.15, 0.2) is 0 Å². The fourth-order valence-corrected chi connectivity index (χ4v) is 2.57. The second-order valence-electron chi connectivity index (χ2n) is 5.97. The van der Waals surface area contributed by atoms with Crippen molar-refractivity contribution in [2.75, 3.05) is 6.54 Å². The first kappa shape index (κ1) is 18.5. The first-order chi connectivity index (χ1) is 10.8. The predicted octanol–water partition coefficient (Wildman–Crippen LogP) is 3.96. The Morgan fingerprint density at radius 1 is 1.43 bits per heavy atom. The maximum absolute atomic E-state index is 12.0. The number of esters is 1. The highest BCUT2D eigenvalue weighted by Crippen LogP contribution is 2.36. The third kappa shape index (κ3) is 5.29. The molecule has 0 spiro atoms. The minimum Gasteiger partial charge on any atom is -0.426 e. The maximum atomic E-state index is 12.0. The summed E-state index contributed by atoms with van der Waals surface area (Å²) in [4.78, 5) is 25.4. The number of allylic oxidation sites excluding steroid dienone is 1. The van der Waals surface area contributed by atoms with Gasteiger partial charge in [0.25, 0.3) is 0 Å². The number of aryl methyl sites for hydroxylation is 2. The Bertz CT molecular complexity index is 683. The topological polar surface area (TPSA) is 92.1 Å². The number of carbonyl (C=O) groups is 1. The molecular weight excluding hydrogens is 294 g/mol. The third-order valence-corrected chi connectivity index (χ3v) is 3.43. The first-order valence-corrected chi connectivity index (χ1v) is 7.37. The van der Waals surface area contributed by atoms with E-state index >= 15 is 0 Å². The van der Waals surface area contributed by atoms with Crippen LogP contribution in [0.3, 0.4) is 0 Å². The average molecular weight is 315 g/mol. The molecule has 1 aromatic rings. The average Bonchev–Trinajstić information content (AvgIpc) is 2.42. The van der Waals surface area contributed by atoms with E-state index in [2.05, 4.69) is 10.0 Å². The van der Waals surface area contributed by atoms with Crippen LogP contribution in [0.15, 0.2) is 23.3 Å². The molecule has 0 unspecified atom stereocenters. The molecule has 122 valence electrons. The van der Waals surface area contributed by atoms with E-state index in [-0.39, 0.29) is 13.0 Å². The quantitative estimate of drug-likeness (QED) is 0.145. The van der Waals surface area contributed by atoms with Gasteiger partial charge in [-0.05, 0) is 43.0 Å². The highest BCUT2D eigenvalue weighted by atomic mass is 16.5. The van der Waals surface area contributed by atoms with Crippen molar-refractivity contribution in [3.8, 4) is 5.75 Å². The number of carbonyl (C=O) groups excluding carboxylic acids is 2. The standard InChI is InChI=1S/C17H21N3O3/c1-12-10-13(2)16(17(3,4)7-9-21)14(11-12)23-15(22)6-5-8-19-20-18/h7,10-11H,5-6,8H2,1-4H3. The summed E-state index contributed by atoms with van der Waals surface area (Å²) in [5.41, 5.74) is 10.3. The highest BCUT2D eigenvalue weighted by Gasteiger charge is 2.26. The van der Waals surface area contributed by atoms with Crippen molar-refractivity contribution >= 4 is 11.9 Å². The molecule has 0 heterocycles. The van der Waals surface area contributed by atoms with Crippen LogP contribution in [0, 0.1) is 13.8 Å². The molecule has 6 heteroatoms. The lowest BCUT2D eigenvalue weighted by Gasteiger charge is -2.25. The summed E-state index contributed by atoms with van der Waals surface area (Å²) in [6, 6.07) is 3.77. The summed E-state index contributed by atoms with van der Waals surface area (Å²) in [6.45, 7) is 7.83. The van der Waals surface area contributed by atoms with Crippen molar-refractivity contribution in [1.29, 1.82) is 0 Å². The molecule has 1 rings (SSSR count). The van der Waals surface area contributed by atoms with Crippen molar-refractivity contribution in [3.05, 3.63) is 45.3 Å². The molecule has 0 saturated heterocycles. The molecule has 0 radical (unpaired) electrons. The van der Waals surface area contributed by atoms with Crippen LogP contribution in [-0.2, 0) is 15.0 Å². The molecule has 0 aliphatic carbocycles. The number of benzene rings is 1. The van der Waals surface area contributed by atoms with Crippen LogP contribution in [0.2, 0.25) is 0 Å². The lowest BCUT2D eigenvalue weighted by molar-refractivity contribution is -0.134. The molecule has 0 aliphatic heterocycles. The van der Waals surface area contributed by atoms with Gasteiger partial charge in [0.05, 0.1) is 0 Å². The third-order valence-electron chi connectivity index (χ3n) is 3.43. The lowest BCUT2D eigenvalue weighted by Crippen LogP contribution is -2.19. The highest BCUT2D eigenvalue weighted by molar-refractivity contribution is 5.73. The number of rotatable bonds is 7. The van der Waals surface area contributed by atoms with Crippen LogP contribution < -0.4 is 4.74 Å².